The molecule has 98 valence electrons. The van der Waals surface area contributed by atoms with Gasteiger partial charge in [-0.3, -0.25) is 4.79 Å². The number of ketones is 1. The molecule has 0 aromatic heterocycles. The molecule has 2 rings (SSSR count). The number of unbranched alkanes of at least 4 members (excludes halogenated alkanes) is 1. The third kappa shape index (κ3) is 3.34. The normalized spacial score (nSPS) is 18.6. The highest BCUT2D eigenvalue weighted by atomic mass is 16.1. The van der Waals surface area contributed by atoms with Gasteiger partial charge in [0.1, 0.15) is 5.78 Å². The Morgan fingerprint density at radius 2 is 1.83 bits per heavy atom. The van der Waals surface area contributed by atoms with Crippen LogP contribution in [0.1, 0.15) is 51.9 Å². The van der Waals surface area contributed by atoms with Gasteiger partial charge in [-0.15, -0.1) is 0 Å². The fourth-order valence-electron chi connectivity index (χ4n) is 2.79. The van der Waals surface area contributed by atoms with E-state index < -0.39 is 0 Å². The fourth-order valence-corrected chi connectivity index (χ4v) is 2.79. The van der Waals surface area contributed by atoms with Crippen LogP contribution >= 0.6 is 0 Å². The standard InChI is InChI=1S/C16H23NO/c1-2-3-11-16(12-9-15(18)10-13-16)17-14-7-5-4-6-8-14/h4-8,17H,2-3,9-13H2,1H3. The molecule has 0 unspecified atom stereocenters. The average Bonchev–Trinajstić information content (AvgIpc) is 2.41. The van der Waals surface area contributed by atoms with Crippen LogP contribution in [0.2, 0.25) is 0 Å². The van der Waals surface area contributed by atoms with Crippen molar-refractivity contribution >= 4 is 11.5 Å². The highest BCUT2D eigenvalue weighted by molar-refractivity contribution is 5.79. The molecule has 1 saturated carbocycles. The summed E-state index contributed by atoms with van der Waals surface area (Å²) in [5.74, 6) is 0.428. The van der Waals surface area contributed by atoms with Gasteiger partial charge in [0, 0.05) is 24.1 Å². The molecule has 0 heterocycles. The Bertz CT molecular complexity index is 375. The number of hydrogen-bond acceptors (Lipinski definition) is 2. The van der Waals surface area contributed by atoms with Gasteiger partial charge < -0.3 is 5.32 Å². The van der Waals surface area contributed by atoms with Gasteiger partial charge in [0.05, 0.1) is 0 Å². The first-order chi connectivity index (χ1) is 8.74. The van der Waals surface area contributed by atoms with E-state index in [4.69, 9.17) is 0 Å². The number of para-hydroxylation sites is 1. The molecule has 1 N–H and O–H groups in total. The Morgan fingerprint density at radius 3 is 2.44 bits per heavy atom. The highest BCUT2D eigenvalue weighted by Crippen LogP contribution is 2.34. The summed E-state index contributed by atoms with van der Waals surface area (Å²) in [6.45, 7) is 2.23. The van der Waals surface area contributed by atoms with Gasteiger partial charge in [-0.05, 0) is 31.4 Å². The van der Waals surface area contributed by atoms with Crippen LogP contribution in [0.4, 0.5) is 5.69 Å². The van der Waals surface area contributed by atoms with Crippen molar-refractivity contribution in [1.82, 2.24) is 0 Å². The van der Waals surface area contributed by atoms with E-state index in [0.717, 1.165) is 25.7 Å². The van der Waals surface area contributed by atoms with E-state index in [1.165, 1.54) is 24.9 Å². The number of Topliss-reactive ketones (excluding diaryl/α,β-unsaturated/α-hetero) is 1. The molecule has 1 aromatic carbocycles. The van der Waals surface area contributed by atoms with Crippen LogP contribution in [0.3, 0.4) is 0 Å². The van der Waals surface area contributed by atoms with E-state index in [-0.39, 0.29) is 5.54 Å². The number of benzene rings is 1. The largest absolute Gasteiger partial charge is 0.380 e. The molecule has 0 saturated heterocycles. The summed E-state index contributed by atoms with van der Waals surface area (Å²) in [4.78, 5) is 11.4. The minimum atomic E-state index is 0.144. The minimum Gasteiger partial charge on any atom is -0.380 e. The van der Waals surface area contributed by atoms with Gasteiger partial charge in [0.2, 0.25) is 0 Å². The topological polar surface area (TPSA) is 29.1 Å². The number of rotatable bonds is 5. The summed E-state index contributed by atoms with van der Waals surface area (Å²) in [5, 5.41) is 3.70. The summed E-state index contributed by atoms with van der Waals surface area (Å²) in [5.41, 5.74) is 1.33. The maximum atomic E-state index is 11.4. The zero-order valence-electron chi connectivity index (χ0n) is 11.2. The van der Waals surface area contributed by atoms with Crippen molar-refractivity contribution in [2.75, 3.05) is 5.32 Å². The lowest BCUT2D eigenvalue weighted by Crippen LogP contribution is -2.42. The Morgan fingerprint density at radius 1 is 1.17 bits per heavy atom. The molecule has 2 nitrogen and oxygen atoms in total. The van der Waals surface area contributed by atoms with Crippen LogP contribution in [-0.2, 0) is 4.79 Å². The van der Waals surface area contributed by atoms with E-state index in [0.29, 0.717) is 5.78 Å². The second-order valence-corrected chi connectivity index (χ2v) is 5.41. The fraction of sp³-hybridized carbons (Fsp3) is 0.562. The molecule has 0 radical (unpaired) electrons. The summed E-state index contributed by atoms with van der Waals surface area (Å²) >= 11 is 0. The Hall–Kier alpha value is -1.31. The number of anilines is 1. The van der Waals surface area contributed by atoms with Crippen LogP contribution in [0.15, 0.2) is 30.3 Å². The molecule has 0 bridgehead atoms. The Labute approximate surface area is 110 Å². The average molecular weight is 245 g/mol. The third-order valence-corrected chi connectivity index (χ3v) is 3.96. The lowest BCUT2D eigenvalue weighted by molar-refractivity contribution is -0.121. The van der Waals surface area contributed by atoms with Crippen molar-refractivity contribution in [1.29, 1.82) is 0 Å². The number of nitrogens with one attached hydrogen (secondary N) is 1. The zero-order valence-corrected chi connectivity index (χ0v) is 11.2. The van der Waals surface area contributed by atoms with E-state index in [2.05, 4.69) is 36.5 Å². The Kier molecular flexibility index (Phi) is 4.40. The second kappa shape index (κ2) is 6.03. The predicted octanol–water partition coefficient (Wildman–Crippen LogP) is 4.17. The molecule has 0 spiro atoms. The molecular weight excluding hydrogens is 222 g/mol. The van der Waals surface area contributed by atoms with E-state index >= 15 is 0 Å². The first-order valence-corrected chi connectivity index (χ1v) is 7.09. The van der Waals surface area contributed by atoms with Crippen molar-refractivity contribution in [2.24, 2.45) is 0 Å². The third-order valence-electron chi connectivity index (χ3n) is 3.96. The smallest absolute Gasteiger partial charge is 0.133 e. The predicted molar refractivity (Wildman–Crippen MR) is 75.8 cm³/mol. The minimum absolute atomic E-state index is 0.144. The van der Waals surface area contributed by atoms with Crippen molar-refractivity contribution < 1.29 is 4.79 Å². The van der Waals surface area contributed by atoms with Gasteiger partial charge in [-0.25, -0.2) is 0 Å². The van der Waals surface area contributed by atoms with Crippen LogP contribution in [0.5, 0.6) is 0 Å². The lowest BCUT2D eigenvalue weighted by atomic mass is 9.77. The van der Waals surface area contributed by atoms with Crippen LogP contribution < -0.4 is 5.32 Å². The maximum Gasteiger partial charge on any atom is 0.133 e. The zero-order chi connectivity index (χ0) is 12.8. The SMILES string of the molecule is CCCCC1(Nc2ccccc2)CCC(=O)CC1. The molecular formula is C16H23NO. The first kappa shape index (κ1) is 13.1. The quantitative estimate of drug-likeness (QED) is 0.843. The first-order valence-electron chi connectivity index (χ1n) is 7.09. The Balaban J connectivity index is 2.07. The molecule has 2 heteroatoms. The van der Waals surface area contributed by atoms with Crippen molar-refractivity contribution in [3.63, 3.8) is 0 Å². The van der Waals surface area contributed by atoms with Gasteiger partial charge in [0.25, 0.3) is 0 Å². The molecule has 1 aromatic rings. The number of carbonyl (C=O) groups excluding carboxylic acids is 1. The molecule has 0 atom stereocenters. The molecule has 0 amide bonds. The van der Waals surface area contributed by atoms with Crippen molar-refractivity contribution in [3.05, 3.63) is 30.3 Å². The number of hydrogen-bond donors (Lipinski definition) is 1. The van der Waals surface area contributed by atoms with Gasteiger partial charge >= 0.3 is 0 Å². The molecule has 1 fully saturated rings. The summed E-state index contributed by atoms with van der Waals surface area (Å²) in [6, 6.07) is 10.4. The lowest BCUT2D eigenvalue weighted by Gasteiger charge is -2.39. The summed E-state index contributed by atoms with van der Waals surface area (Å²) in [6.07, 6.45) is 7.07. The van der Waals surface area contributed by atoms with Crippen molar-refractivity contribution in [3.8, 4) is 0 Å². The van der Waals surface area contributed by atoms with Gasteiger partial charge in [-0.2, -0.15) is 0 Å². The van der Waals surface area contributed by atoms with E-state index in [1.807, 2.05) is 6.07 Å². The van der Waals surface area contributed by atoms with Crippen molar-refractivity contribution in [2.45, 2.75) is 57.4 Å². The summed E-state index contributed by atoms with van der Waals surface area (Å²) in [7, 11) is 0. The highest BCUT2D eigenvalue weighted by Gasteiger charge is 2.33. The van der Waals surface area contributed by atoms with E-state index in [9.17, 15) is 4.79 Å². The van der Waals surface area contributed by atoms with Gasteiger partial charge in [-0.1, -0.05) is 38.0 Å². The number of carbonyl (C=O) groups is 1. The molecule has 0 aliphatic heterocycles. The van der Waals surface area contributed by atoms with Crippen LogP contribution in [0, 0.1) is 0 Å². The maximum absolute atomic E-state index is 11.4. The monoisotopic (exact) mass is 245 g/mol. The van der Waals surface area contributed by atoms with Crippen LogP contribution in [0.25, 0.3) is 0 Å². The molecule has 1 aliphatic carbocycles. The van der Waals surface area contributed by atoms with E-state index in [1.54, 1.807) is 0 Å². The molecule has 1 aliphatic rings. The van der Waals surface area contributed by atoms with Crippen LogP contribution in [-0.4, -0.2) is 11.3 Å². The van der Waals surface area contributed by atoms with Gasteiger partial charge in [0.15, 0.2) is 0 Å². The molecule has 18 heavy (non-hydrogen) atoms. The second-order valence-electron chi connectivity index (χ2n) is 5.41. The summed E-state index contributed by atoms with van der Waals surface area (Å²) < 4.78 is 0.